The van der Waals surface area contributed by atoms with Crippen LogP contribution in [0.5, 0.6) is 0 Å². The number of nitrogens with zero attached hydrogens (tertiary/aromatic N) is 3. The molecule has 2 aromatic carbocycles. The highest BCUT2D eigenvalue weighted by Crippen LogP contribution is 2.09. The van der Waals surface area contributed by atoms with Gasteiger partial charge in [0.25, 0.3) is 0 Å². The quantitative estimate of drug-likeness (QED) is 0.640. The second-order valence-electron chi connectivity index (χ2n) is 7.91. The van der Waals surface area contributed by atoms with Crippen molar-refractivity contribution in [1.82, 2.24) is 14.7 Å². The maximum Gasteiger partial charge on any atom is 0.237 e. The second-order valence-corrected chi connectivity index (χ2v) is 7.91. The Morgan fingerprint density at radius 3 is 2.16 bits per heavy atom. The van der Waals surface area contributed by atoms with Gasteiger partial charge in [-0.05, 0) is 11.1 Å². The van der Waals surface area contributed by atoms with E-state index in [-0.39, 0.29) is 18.2 Å². The van der Waals surface area contributed by atoms with Crippen LogP contribution >= 0.6 is 0 Å². The number of benzene rings is 2. The summed E-state index contributed by atoms with van der Waals surface area (Å²) in [6.45, 7) is 5.73. The SMILES string of the molecule is NC(=O)CCN(Cc1ccccc1)C(=O)CN1CCN(C/C=C/c2ccccc2)CC1. The van der Waals surface area contributed by atoms with Gasteiger partial charge in [-0.2, -0.15) is 0 Å². The summed E-state index contributed by atoms with van der Waals surface area (Å²) in [5.74, 6) is -0.342. The maximum absolute atomic E-state index is 12.9. The van der Waals surface area contributed by atoms with Crippen molar-refractivity contribution < 1.29 is 9.59 Å². The van der Waals surface area contributed by atoms with Gasteiger partial charge in [-0.3, -0.25) is 19.4 Å². The summed E-state index contributed by atoms with van der Waals surface area (Å²) in [6.07, 6.45) is 4.53. The fraction of sp³-hybridized carbons (Fsp3) is 0.360. The van der Waals surface area contributed by atoms with E-state index in [0.717, 1.165) is 38.3 Å². The van der Waals surface area contributed by atoms with E-state index in [2.05, 4.69) is 34.1 Å². The number of amides is 2. The molecule has 1 aliphatic rings. The molecule has 1 fully saturated rings. The van der Waals surface area contributed by atoms with Crippen LogP contribution in [0, 0.1) is 0 Å². The highest BCUT2D eigenvalue weighted by molar-refractivity contribution is 5.79. The lowest BCUT2D eigenvalue weighted by atomic mass is 10.2. The number of primary amides is 1. The molecule has 6 heteroatoms. The lowest BCUT2D eigenvalue weighted by Crippen LogP contribution is -2.50. The van der Waals surface area contributed by atoms with Gasteiger partial charge in [0.05, 0.1) is 6.54 Å². The van der Waals surface area contributed by atoms with Crippen molar-refractivity contribution in [1.29, 1.82) is 0 Å². The summed E-state index contributed by atoms with van der Waals surface area (Å²) in [5.41, 5.74) is 7.57. The van der Waals surface area contributed by atoms with Gasteiger partial charge in [-0.15, -0.1) is 0 Å². The van der Waals surface area contributed by atoms with Crippen LogP contribution in [0.3, 0.4) is 0 Å². The lowest BCUT2D eigenvalue weighted by molar-refractivity contribution is -0.134. The van der Waals surface area contributed by atoms with Crippen molar-refractivity contribution in [3.8, 4) is 0 Å². The van der Waals surface area contributed by atoms with Gasteiger partial charge in [0.15, 0.2) is 0 Å². The lowest BCUT2D eigenvalue weighted by Gasteiger charge is -2.35. The number of carbonyl (C=O) groups excluding carboxylic acids is 2. The molecule has 3 rings (SSSR count). The first-order chi connectivity index (χ1) is 15.1. The third-order valence-corrected chi connectivity index (χ3v) is 5.49. The highest BCUT2D eigenvalue weighted by Gasteiger charge is 2.21. The molecule has 1 saturated heterocycles. The third-order valence-electron chi connectivity index (χ3n) is 5.49. The first-order valence-electron chi connectivity index (χ1n) is 10.9. The highest BCUT2D eigenvalue weighted by atomic mass is 16.2. The van der Waals surface area contributed by atoms with Crippen molar-refractivity contribution in [3.63, 3.8) is 0 Å². The van der Waals surface area contributed by atoms with Crippen molar-refractivity contribution in [2.75, 3.05) is 45.8 Å². The van der Waals surface area contributed by atoms with Gasteiger partial charge in [0.2, 0.25) is 11.8 Å². The van der Waals surface area contributed by atoms with Gasteiger partial charge in [-0.25, -0.2) is 0 Å². The predicted molar refractivity (Wildman–Crippen MR) is 124 cm³/mol. The Morgan fingerprint density at radius 2 is 1.52 bits per heavy atom. The Bertz CT molecular complexity index is 846. The summed E-state index contributed by atoms with van der Waals surface area (Å²) in [6, 6.07) is 20.1. The van der Waals surface area contributed by atoms with Crippen LogP contribution in [0.25, 0.3) is 6.08 Å². The van der Waals surface area contributed by atoms with Crippen LogP contribution < -0.4 is 5.73 Å². The molecule has 0 bridgehead atoms. The van der Waals surface area contributed by atoms with E-state index in [0.29, 0.717) is 19.6 Å². The zero-order valence-corrected chi connectivity index (χ0v) is 18.0. The molecule has 0 aliphatic carbocycles. The summed E-state index contributed by atoms with van der Waals surface area (Å²) < 4.78 is 0. The smallest absolute Gasteiger partial charge is 0.237 e. The van der Waals surface area contributed by atoms with Crippen molar-refractivity contribution >= 4 is 17.9 Å². The molecule has 2 aromatic rings. The molecule has 0 spiro atoms. The number of hydrogen-bond donors (Lipinski definition) is 1. The van der Waals surface area contributed by atoms with E-state index < -0.39 is 0 Å². The molecule has 0 atom stereocenters. The number of piperazine rings is 1. The summed E-state index contributed by atoms with van der Waals surface area (Å²) in [4.78, 5) is 30.5. The molecule has 31 heavy (non-hydrogen) atoms. The topological polar surface area (TPSA) is 69.9 Å². The average molecular weight is 421 g/mol. The maximum atomic E-state index is 12.9. The van der Waals surface area contributed by atoms with Crippen LogP contribution in [0.15, 0.2) is 66.7 Å². The van der Waals surface area contributed by atoms with Crippen LogP contribution in [-0.2, 0) is 16.1 Å². The molecule has 0 saturated carbocycles. The summed E-state index contributed by atoms with van der Waals surface area (Å²) >= 11 is 0. The molecule has 0 unspecified atom stereocenters. The Labute approximate surface area is 184 Å². The Hall–Kier alpha value is -2.96. The van der Waals surface area contributed by atoms with Crippen molar-refractivity contribution in [2.45, 2.75) is 13.0 Å². The van der Waals surface area contributed by atoms with Crippen LogP contribution in [0.2, 0.25) is 0 Å². The minimum atomic E-state index is -0.386. The normalized spacial score (nSPS) is 15.2. The van der Waals surface area contributed by atoms with E-state index in [9.17, 15) is 9.59 Å². The zero-order valence-electron chi connectivity index (χ0n) is 18.0. The average Bonchev–Trinajstić information content (AvgIpc) is 2.79. The van der Waals surface area contributed by atoms with E-state index in [1.807, 2.05) is 48.5 Å². The van der Waals surface area contributed by atoms with E-state index in [1.165, 1.54) is 5.56 Å². The van der Waals surface area contributed by atoms with Crippen LogP contribution in [0.4, 0.5) is 0 Å². The predicted octanol–water partition coefficient (Wildman–Crippen LogP) is 2.22. The number of rotatable bonds is 10. The molecule has 1 heterocycles. The Morgan fingerprint density at radius 1 is 0.903 bits per heavy atom. The molecule has 6 nitrogen and oxygen atoms in total. The number of hydrogen-bond acceptors (Lipinski definition) is 4. The van der Waals surface area contributed by atoms with Crippen molar-refractivity contribution in [2.24, 2.45) is 5.73 Å². The van der Waals surface area contributed by atoms with E-state index in [4.69, 9.17) is 5.73 Å². The second kappa shape index (κ2) is 12.0. The molecule has 164 valence electrons. The van der Waals surface area contributed by atoms with Gasteiger partial charge >= 0.3 is 0 Å². The summed E-state index contributed by atoms with van der Waals surface area (Å²) in [7, 11) is 0. The molecule has 0 aromatic heterocycles. The minimum Gasteiger partial charge on any atom is -0.370 e. The molecule has 1 aliphatic heterocycles. The largest absolute Gasteiger partial charge is 0.370 e. The van der Waals surface area contributed by atoms with Crippen molar-refractivity contribution in [3.05, 3.63) is 77.9 Å². The van der Waals surface area contributed by atoms with E-state index in [1.54, 1.807) is 4.90 Å². The van der Waals surface area contributed by atoms with E-state index >= 15 is 0 Å². The molecule has 0 radical (unpaired) electrons. The summed E-state index contributed by atoms with van der Waals surface area (Å²) in [5, 5.41) is 0. The van der Waals surface area contributed by atoms with Crippen LogP contribution in [0.1, 0.15) is 17.5 Å². The molecular weight excluding hydrogens is 388 g/mol. The fourth-order valence-corrected chi connectivity index (χ4v) is 3.66. The Kier molecular flexibility index (Phi) is 8.82. The minimum absolute atomic E-state index is 0.0440. The van der Waals surface area contributed by atoms with Crippen LogP contribution in [-0.4, -0.2) is 72.3 Å². The molecular formula is C25H32N4O2. The molecule has 2 N–H and O–H groups in total. The van der Waals surface area contributed by atoms with Gasteiger partial charge in [-0.1, -0.05) is 72.8 Å². The van der Waals surface area contributed by atoms with Gasteiger partial charge in [0.1, 0.15) is 0 Å². The monoisotopic (exact) mass is 420 g/mol. The molecule has 2 amide bonds. The zero-order chi connectivity index (χ0) is 21.9. The number of nitrogens with two attached hydrogens (primary N) is 1. The van der Waals surface area contributed by atoms with Gasteiger partial charge < -0.3 is 10.6 Å². The Balaban J connectivity index is 1.46. The van der Waals surface area contributed by atoms with Gasteiger partial charge in [0, 0.05) is 52.2 Å². The number of carbonyl (C=O) groups is 2. The fourth-order valence-electron chi connectivity index (χ4n) is 3.66. The first kappa shape index (κ1) is 22.7. The first-order valence-corrected chi connectivity index (χ1v) is 10.9. The third kappa shape index (κ3) is 8.00. The standard InChI is InChI=1S/C25H32N4O2/c26-24(30)13-15-29(20-23-10-5-2-6-11-23)25(31)21-28-18-16-27(17-19-28)14-7-12-22-8-3-1-4-9-22/h1-12H,13-21H2,(H2,26,30)/b12-7+.